The molecule has 0 spiro atoms. The highest BCUT2D eigenvalue weighted by Gasteiger charge is 2.54. The molecule has 8 heterocycles. The van der Waals surface area contributed by atoms with Gasteiger partial charge in [-0.2, -0.15) is 0 Å². The van der Waals surface area contributed by atoms with Crippen LogP contribution in [0, 0.1) is 0 Å². The molecule has 18 aromatic rings. The topological polar surface area (TPSA) is 23.0 Å². The molecule has 145 heavy (non-hydrogen) atoms. The Morgan fingerprint density at radius 1 is 0.241 bits per heavy atom. The Hall–Kier alpha value is -12.5. The van der Waals surface area contributed by atoms with Crippen LogP contribution >= 0.6 is 11.6 Å². The van der Waals surface area contributed by atoms with Crippen LogP contribution in [0.3, 0.4) is 0 Å². The first-order valence-corrected chi connectivity index (χ1v) is 53.9. The van der Waals surface area contributed by atoms with Crippen molar-refractivity contribution in [2.75, 3.05) is 4.90 Å². The highest BCUT2D eigenvalue weighted by Crippen LogP contribution is 2.62. The summed E-state index contributed by atoms with van der Waals surface area (Å²) in [6.45, 7) is 75.7. The predicted molar refractivity (Wildman–Crippen MR) is 625 cm³/mol. The van der Waals surface area contributed by atoms with Gasteiger partial charge in [-0.05, 0) is 255 Å². The average Bonchev–Trinajstić information content (AvgIpc) is 1.49. The Morgan fingerprint density at radius 3 is 0.683 bits per heavy atom. The molecule has 0 saturated heterocycles. The van der Waals surface area contributed by atoms with Crippen LogP contribution in [-0.4, -0.2) is 31.7 Å². The van der Waals surface area contributed by atoms with E-state index in [1.165, 1.54) is 244 Å². The third-order valence-corrected chi connectivity index (χ3v) is 35.3. The number of nitrogens with zero attached hydrogens (tertiary/aromatic N) is 5. The van der Waals surface area contributed by atoms with Crippen LogP contribution in [0.4, 0.5) is 17.1 Å². The third kappa shape index (κ3) is 13.8. The fourth-order valence-electron chi connectivity index (χ4n) is 27.2. The summed E-state index contributed by atoms with van der Waals surface area (Å²) in [6.07, 6.45) is 1.01. The van der Waals surface area contributed by atoms with Crippen molar-refractivity contribution in [3.8, 4) is 67.8 Å². The molecule has 26 rings (SSSR count). The second kappa shape index (κ2) is 30.8. The maximum atomic E-state index is 7.35. The normalized spacial score (nSPS) is 15.6. The highest BCUT2D eigenvalue weighted by molar-refractivity contribution is 7.01. The second-order valence-electron chi connectivity index (χ2n) is 54.4. The first-order chi connectivity index (χ1) is 67.9. The molecule has 0 amide bonds. The smallest absolute Gasteiger partial charge is 0.252 e. The van der Waals surface area contributed by atoms with E-state index < -0.39 is 0 Å². The van der Waals surface area contributed by atoms with Gasteiger partial charge in [-0.15, -0.1) is 0 Å². The maximum Gasteiger partial charge on any atom is 0.252 e. The van der Waals surface area contributed by atoms with Gasteiger partial charge in [0.15, 0.2) is 0 Å². The molecule has 4 aliphatic heterocycles. The molecule has 0 atom stereocenters. The van der Waals surface area contributed by atoms with Gasteiger partial charge >= 0.3 is 0 Å². The van der Waals surface area contributed by atoms with Crippen LogP contribution < -0.4 is 37.7 Å². The van der Waals surface area contributed by atoms with E-state index in [1.54, 1.807) is 0 Å². The lowest BCUT2D eigenvalue weighted by molar-refractivity contribution is 0.589. The third-order valence-electron chi connectivity index (χ3n) is 35.1. The van der Waals surface area contributed by atoms with Gasteiger partial charge < -0.3 is 23.2 Å². The Balaban J connectivity index is 0.000000134. The van der Waals surface area contributed by atoms with Gasteiger partial charge in [-0.3, -0.25) is 0 Å². The minimum atomic E-state index is -0.208. The van der Waals surface area contributed by atoms with Crippen LogP contribution in [0.1, 0.15) is 322 Å². The van der Waals surface area contributed by atoms with Crippen molar-refractivity contribution < 1.29 is 0 Å². The average molecular weight is 1920 g/mol. The second-order valence-corrected chi connectivity index (χ2v) is 54.8. The van der Waals surface area contributed by atoms with Crippen LogP contribution in [0.2, 0.25) is 5.02 Å². The number of rotatable bonds is 5. The molecule has 8 aliphatic rings. The van der Waals surface area contributed by atoms with E-state index in [-0.39, 0.29) is 78.4 Å². The van der Waals surface area contributed by atoms with E-state index >= 15 is 0 Å². The quantitative estimate of drug-likeness (QED) is 0.158. The van der Waals surface area contributed by atoms with Crippen LogP contribution in [0.25, 0.3) is 111 Å². The summed E-state index contributed by atoms with van der Waals surface area (Å²) in [5.41, 5.74) is 57.7. The molecule has 728 valence electrons. The standard InChI is InChI=1S/C68H70BN3.C48H44BClN2.C21H28/c1-63(2,3)39-25-29-43(30-26-39)70(44-31-27-40(28-32-44)64(4,5)6)45-37-54-58-55(38-45)72-60-49(57-62(72)47-22-18-20-24-51(47)68(57,15)16)34-42(66(10,11)12)36-53(60)69(58)52-35-41(65(7,8)9)33-48-56-61(71(54)59(48)52)46-21-17-19-23-50(46)67(56,13)14;1-45(2,3)25-19-30-38-43(28-15-11-13-17-32(28)47(38,7)8)51-36-23-27(50)24-37-40(36)49(34(21-25)41(30)51)35-22-26(46(4,5)6)20-31-39-44(52(37)42(31)35)29-16-12-14-18-33(29)48(39,9)10;1-20(2,3)18-11-7-16(8-12-18)15-17-9-13-19(14-10-17)21(4,5)6/h17-38H,1-16H3;11-24H,1-10H3;7-14H,15H2,1-6H3. The summed E-state index contributed by atoms with van der Waals surface area (Å²) in [4.78, 5) is 2.54. The Kier molecular flexibility index (Phi) is 20.1. The largest absolute Gasteiger partial charge is 0.310 e. The van der Waals surface area contributed by atoms with E-state index in [9.17, 15) is 0 Å². The first-order valence-electron chi connectivity index (χ1n) is 53.5. The van der Waals surface area contributed by atoms with Crippen LogP contribution in [0.15, 0.2) is 267 Å². The van der Waals surface area contributed by atoms with Gasteiger partial charge in [0.25, 0.3) is 13.4 Å². The Morgan fingerprint density at radius 2 is 0.455 bits per heavy atom. The molecule has 0 saturated carbocycles. The van der Waals surface area contributed by atoms with Crippen molar-refractivity contribution in [1.29, 1.82) is 0 Å². The lowest BCUT2D eigenvalue weighted by Crippen LogP contribution is -2.60. The fraction of sp³-hybridized carbons (Fsp3) is 0.328. The van der Waals surface area contributed by atoms with Gasteiger partial charge in [-0.1, -0.05) is 427 Å². The van der Waals surface area contributed by atoms with Crippen molar-refractivity contribution in [3.05, 3.63) is 372 Å². The number of aromatic nitrogens is 4. The summed E-state index contributed by atoms with van der Waals surface area (Å²) in [5, 5.41) is 6.32. The SMILES string of the molecule is CC(C)(C)c1cc2c3c(c1)c1c(n3-c3cc(Cl)cc4c3B2c2cc(C(C)(C)C)cc3c5c(n-4c23)-c2ccccc2C5(C)C)-c2ccccc2C1(C)C.CC(C)(C)c1ccc(Cc2ccc(C(C)(C)C)cc2)cc1.CC(C)(C)c1ccc(N(c2ccc(C(C)(C)C)cc2)c2cc3c4c(c2)-n2c5c(c6cc(C(C)(C)C)cc(c62)B4c2cc(C(C)(C)C)cc4c6c(n-3c24)-c2ccccc2C6(C)C)C(C)(C)c2ccccc2-5)cc1. The number of benzene rings is 14. The predicted octanol–water partition coefficient (Wildman–Crippen LogP) is 32.4. The van der Waals surface area contributed by atoms with E-state index in [1.807, 2.05) is 0 Å². The zero-order chi connectivity index (χ0) is 103. The van der Waals surface area contributed by atoms with Crippen molar-refractivity contribution in [2.45, 2.75) is 293 Å². The molecule has 0 unspecified atom stereocenters. The van der Waals surface area contributed by atoms with Gasteiger partial charge in [0, 0.05) is 127 Å². The van der Waals surface area contributed by atoms with Gasteiger partial charge in [0.1, 0.15) is 0 Å². The minimum absolute atomic E-state index is 0.00556. The molecule has 14 aromatic carbocycles. The fourth-order valence-corrected chi connectivity index (χ4v) is 27.4. The molecule has 0 radical (unpaired) electrons. The first kappa shape index (κ1) is 94.7. The molecule has 0 N–H and O–H groups in total. The van der Waals surface area contributed by atoms with E-state index in [4.69, 9.17) is 11.6 Å². The molecule has 5 nitrogen and oxygen atoms in total. The summed E-state index contributed by atoms with van der Waals surface area (Å²) >= 11 is 7.35. The number of hydrogen-bond donors (Lipinski definition) is 0. The molecule has 8 heteroatoms. The summed E-state index contributed by atoms with van der Waals surface area (Å²) in [5.74, 6) is 0. The lowest BCUT2D eigenvalue weighted by Gasteiger charge is -2.38. The van der Waals surface area contributed by atoms with Crippen molar-refractivity contribution in [2.24, 2.45) is 0 Å². The van der Waals surface area contributed by atoms with E-state index in [0.717, 1.165) is 28.5 Å². The lowest BCUT2D eigenvalue weighted by atomic mass is 9.33. The molecule has 4 aliphatic carbocycles. The molecular weight excluding hydrogens is 1770 g/mol. The summed E-state index contributed by atoms with van der Waals surface area (Å²) < 4.78 is 10.7. The number of hydrogen-bond acceptors (Lipinski definition) is 1. The van der Waals surface area contributed by atoms with Crippen molar-refractivity contribution in [1.82, 2.24) is 18.3 Å². The van der Waals surface area contributed by atoms with Crippen molar-refractivity contribution in [3.63, 3.8) is 0 Å². The van der Waals surface area contributed by atoms with Crippen molar-refractivity contribution >= 4 is 118 Å². The highest BCUT2D eigenvalue weighted by atomic mass is 35.5. The van der Waals surface area contributed by atoms with Crippen LogP contribution in [0.5, 0.6) is 0 Å². The summed E-state index contributed by atoms with van der Waals surface area (Å²) in [7, 11) is 0. The minimum Gasteiger partial charge on any atom is -0.310 e. The van der Waals surface area contributed by atoms with Gasteiger partial charge in [0.2, 0.25) is 0 Å². The number of halogens is 1. The maximum absolute atomic E-state index is 7.35. The molecular formula is C137H142B2ClN5. The number of anilines is 3. The zero-order valence-electron chi connectivity index (χ0n) is 91.9. The monoisotopic (exact) mass is 1910 g/mol. The molecule has 0 fully saturated rings. The van der Waals surface area contributed by atoms with Gasteiger partial charge in [-0.25, -0.2) is 0 Å². The Labute approximate surface area is 868 Å². The number of fused-ring (bicyclic) bond motifs is 28. The van der Waals surface area contributed by atoms with E-state index in [0.29, 0.717) is 0 Å². The van der Waals surface area contributed by atoms with Gasteiger partial charge in [0.05, 0.1) is 28.5 Å². The molecule has 0 bridgehead atoms. The zero-order valence-corrected chi connectivity index (χ0v) is 92.6. The van der Waals surface area contributed by atoms with E-state index in [2.05, 4.69) is 512 Å². The molecule has 4 aromatic heterocycles. The van der Waals surface area contributed by atoms with Crippen LogP contribution in [-0.2, 0) is 71.4 Å². The Bertz CT molecular complexity index is 8120. The summed E-state index contributed by atoms with van der Waals surface area (Å²) in [6, 6.07) is 104.